The van der Waals surface area contributed by atoms with Crippen LogP contribution in [0.15, 0.2) is 47.6 Å². The van der Waals surface area contributed by atoms with Gasteiger partial charge in [-0.25, -0.2) is 9.97 Å². The number of hydrogen-bond acceptors (Lipinski definition) is 4. The largest absolute Gasteiger partial charge is 0.369 e. The molecular formula is C20H20ClN3S. The van der Waals surface area contributed by atoms with Crippen molar-refractivity contribution in [3.8, 4) is 11.1 Å². The molecule has 1 N–H and O–H groups in total. The van der Waals surface area contributed by atoms with Gasteiger partial charge in [0.15, 0.2) is 0 Å². The van der Waals surface area contributed by atoms with Crippen LogP contribution < -0.4 is 5.32 Å². The summed E-state index contributed by atoms with van der Waals surface area (Å²) in [5.74, 6) is 0.924. The van der Waals surface area contributed by atoms with Gasteiger partial charge in [-0.05, 0) is 49.8 Å². The van der Waals surface area contributed by atoms with Crippen LogP contribution in [0.1, 0.15) is 32.1 Å². The van der Waals surface area contributed by atoms with Crippen LogP contribution in [0.2, 0.25) is 5.02 Å². The highest BCUT2D eigenvalue weighted by Gasteiger charge is 2.13. The molecular weight excluding hydrogens is 350 g/mol. The summed E-state index contributed by atoms with van der Waals surface area (Å²) in [6.45, 7) is 0.911. The van der Waals surface area contributed by atoms with Gasteiger partial charge in [0.05, 0.1) is 5.39 Å². The average Bonchev–Trinajstić information content (AvgIpc) is 3.08. The van der Waals surface area contributed by atoms with Crippen molar-refractivity contribution in [1.82, 2.24) is 9.97 Å². The van der Waals surface area contributed by atoms with Gasteiger partial charge in [0.1, 0.15) is 17.0 Å². The summed E-state index contributed by atoms with van der Waals surface area (Å²) >= 11 is 7.68. The van der Waals surface area contributed by atoms with E-state index in [9.17, 15) is 0 Å². The minimum Gasteiger partial charge on any atom is -0.369 e. The van der Waals surface area contributed by atoms with Gasteiger partial charge < -0.3 is 5.32 Å². The number of halogens is 1. The average molecular weight is 370 g/mol. The van der Waals surface area contributed by atoms with E-state index in [1.165, 1.54) is 25.7 Å². The molecule has 2 aromatic heterocycles. The highest BCUT2D eigenvalue weighted by molar-refractivity contribution is 7.17. The SMILES string of the molecule is Clc1ccc(-c2csc3ncnc(NCCC4=CCCCC4)c23)cc1. The van der Waals surface area contributed by atoms with Gasteiger partial charge in [0.25, 0.3) is 0 Å². The Hall–Kier alpha value is -1.91. The molecule has 1 aliphatic carbocycles. The number of fused-ring (bicyclic) bond motifs is 1. The Labute approximate surface area is 156 Å². The molecule has 4 rings (SSSR count). The van der Waals surface area contributed by atoms with Gasteiger partial charge in [0, 0.05) is 22.5 Å². The Kier molecular flexibility index (Phi) is 4.99. The zero-order valence-corrected chi connectivity index (χ0v) is 15.5. The molecule has 0 saturated carbocycles. The molecule has 1 aromatic carbocycles. The molecule has 0 saturated heterocycles. The van der Waals surface area contributed by atoms with Crippen LogP contribution in [0.3, 0.4) is 0 Å². The van der Waals surface area contributed by atoms with E-state index < -0.39 is 0 Å². The van der Waals surface area contributed by atoms with Gasteiger partial charge >= 0.3 is 0 Å². The van der Waals surface area contributed by atoms with Crippen molar-refractivity contribution in [2.24, 2.45) is 0 Å². The predicted octanol–water partition coefficient (Wildman–Crippen LogP) is 6.31. The first-order chi connectivity index (χ1) is 12.3. The molecule has 3 nitrogen and oxygen atoms in total. The highest BCUT2D eigenvalue weighted by Crippen LogP contribution is 2.36. The topological polar surface area (TPSA) is 37.8 Å². The number of hydrogen-bond donors (Lipinski definition) is 1. The van der Waals surface area contributed by atoms with Crippen LogP contribution in [0, 0.1) is 0 Å². The summed E-state index contributed by atoms with van der Waals surface area (Å²) in [5.41, 5.74) is 3.88. The summed E-state index contributed by atoms with van der Waals surface area (Å²) in [7, 11) is 0. The first-order valence-corrected chi connectivity index (χ1v) is 9.97. The number of thiophene rings is 1. The lowest BCUT2D eigenvalue weighted by molar-refractivity contribution is 0.679. The zero-order chi connectivity index (χ0) is 17.1. The summed E-state index contributed by atoms with van der Waals surface area (Å²) in [4.78, 5) is 9.95. The smallest absolute Gasteiger partial charge is 0.138 e. The maximum absolute atomic E-state index is 6.03. The van der Waals surface area contributed by atoms with Gasteiger partial charge in [0.2, 0.25) is 0 Å². The van der Waals surface area contributed by atoms with Gasteiger partial charge in [-0.3, -0.25) is 0 Å². The third-order valence-electron chi connectivity index (χ3n) is 4.65. The lowest BCUT2D eigenvalue weighted by Gasteiger charge is -2.13. The van der Waals surface area contributed by atoms with Crippen LogP contribution in [-0.4, -0.2) is 16.5 Å². The standard InChI is InChI=1S/C20H20ClN3S/c21-16-8-6-15(7-9-16)17-12-25-20-18(17)19(23-13-24-20)22-11-10-14-4-2-1-3-5-14/h4,6-9,12-13H,1-3,5,10-11H2,(H,22,23,24). The molecule has 25 heavy (non-hydrogen) atoms. The number of benzene rings is 1. The van der Waals surface area contributed by atoms with E-state index >= 15 is 0 Å². The molecule has 5 heteroatoms. The van der Waals surface area contributed by atoms with Crippen molar-refractivity contribution in [2.75, 3.05) is 11.9 Å². The molecule has 0 fully saturated rings. The third-order valence-corrected chi connectivity index (χ3v) is 5.79. The molecule has 2 heterocycles. The van der Waals surface area contributed by atoms with E-state index in [-0.39, 0.29) is 0 Å². The van der Waals surface area contributed by atoms with E-state index in [0.717, 1.165) is 45.1 Å². The van der Waals surface area contributed by atoms with Crippen molar-refractivity contribution >= 4 is 39.0 Å². The number of nitrogens with one attached hydrogen (secondary N) is 1. The highest BCUT2D eigenvalue weighted by atomic mass is 35.5. The fraction of sp³-hybridized carbons (Fsp3) is 0.300. The molecule has 0 spiro atoms. The molecule has 0 radical (unpaired) electrons. The van der Waals surface area contributed by atoms with Crippen molar-refractivity contribution < 1.29 is 0 Å². The van der Waals surface area contributed by atoms with Crippen LogP contribution in [-0.2, 0) is 0 Å². The molecule has 0 amide bonds. The second-order valence-corrected chi connectivity index (χ2v) is 7.64. The van der Waals surface area contributed by atoms with Crippen molar-refractivity contribution in [3.05, 3.63) is 52.6 Å². The fourth-order valence-corrected chi connectivity index (χ4v) is 4.37. The number of allylic oxidation sites excluding steroid dienone is 1. The van der Waals surface area contributed by atoms with Crippen LogP contribution >= 0.6 is 22.9 Å². The zero-order valence-electron chi connectivity index (χ0n) is 14.0. The molecule has 0 unspecified atom stereocenters. The first kappa shape index (κ1) is 16.6. The Bertz CT molecular complexity index is 899. The maximum Gasteiger partial charge on any atom is 0.138 e. The van der Waals surface area contributed by atoms with Gasteiger partial charge in [-0.2, -0.15) is 0 Å². The van der Waals surface area contributed by atoms with E-state index in [2.05, 4.69) is 26.7 Å². The molecule has 0 atom stereocenters. The minimum absolute atomic E-state index is 0.749. The predicted molar refractivity (Wildman–Crippen MR) is 108 cm³/mol. The first-order valence-electron chi connectivity index (χ1n) is 8.71. The monoisotopic (exact) mass is 369 g/mol. The Morgan fingerprint density at radius 3 is 2.80 bits per heavy atom. The van der Waals surface area contributed by atoms with Crippen LogP contribution in [0.25, 0.3) is 21.3 Å². The minimum atomic E-state index is 0.749. The maximum atomic E-state index is 6.03. The summed E-state index contributed by atoms with van der Waals surface area (Å²) < 4.78 is 0. The summed E-state index contributed by atoms with van der Waals surface area (Å²) in [6, 6.07) is 7.95. The molecule has 1 aliphatic rings. The van der Waals surface area contributed by atoms with Crippen LogP contribution in [0.4, 0.5) is 5.82 Å². The normalized spacial score (nSPS) is 14.5. The molecule has 3 aromatic rings. The summed E-state index contributed by atoms with van der Waals surface area (Å²) in [5, 5.41) is 7.53. The second-order valence-electron chi connectivity index (χ2n) is 6.34. The number of rotatable bonds is 5. The molecule has 0 aliphatic heterocycles. The van der Waals surface area contributed by atoms with E-state index in [0.29, 0.717) is 0 Å². The molecule has 0 bridgehead atoms. The molecule has 128 valence electrons. The lowest BCUT2D eigenvalue weighted by Crippen LogP contribution is -2.06. The number of aromatic nitrogens is 2. The van der Waals surface area contributed by atoms with E-state index in [4.69, 9.17) is 11.6 Å². The Balaban J connectivity index is 1.59. The van der Waals surface area contributed by atoms with Crippen molar-refractivity contribution in [1.29, 1.82) is 0 Å². The Morgan fingerprint density at radius 2 is 2.00 bits per heavy atom. The summed E-state index contributed by atoms with van der Waals surface area (Å²) in [6.07, 6.45) is 10.3. The lowest BCUT2D eigenvalue weighted by atomic mass is 9.97. The second kappa shape index (κ2) is 7.54. The Morgan fingerprint density at radius 1 is 1.12 bits per heavy atom. The van der Waals surface area contributed by atoms with Crippen molar-refractivity contribution in [2.45, 2.75) is 32.1 Å². The van der Waals surface area contributed by atoms with Crippen LogP contribution in [0.5, 0.6) is 0 Å². The fourth-order valence-electron chi connectivity index (χ4n) is 3.32. The van der Waals surface area contributed by atoms with Crippen molar-refractivity contribution in [3.63, 3.8) is 0 Å². The van der Waals surface area contributed by atoms with E-state index in [1.54, 1.807) is 23.2 Å². The van der Waals surface area contributed by atoms with E-state index in [1.807, 2.05) is 24.3 Å². The quantitative estimate of drug-likeness (QED) is 0.535. The number of anilines is 1. The van der Waals surface area contributed by atoms with Gasteiger partial charge in [-0.15, -0.1) is 11.3 Å². The van der Waals surface area contributed by atoms with Gasteiger partial charge in [-0.1, -0.05) is 35.4 Å². The third kappa shape index (κ3) is 3.70. The number of nitrogens with zero attached hydrogens (tertiary/aromatic N) is 2.